The summed E-state index contributed by atoms with van der Waals surface area (Å²) in [6.07, 6.45) is 1.79. The maximum atomic E-state index is 12.3. The van der Waals surface area contributed by atoms with Gasteiger partial charge in [-0.25, -0.2) is 0 Å². The molecule has 1 aromatic carbocycles. The van der Waals surface area contributed by atoms with Crippen LogP contribution in [0, 0.1) is 13.8 Å². The molecule has 2 aromatic heterocycles. The van der Waals surface area contributed by atoms with E-state index < -0.39 is 0 Å². The number of fused-ring (bicyclic) bond motifs is 1. The van der Waals surface area contributed by atoms with E-state index in [0.717, 1.165) is 12.1 Å². The predicted octanol–water partition coefficient (Wildman–Crippen LogP) is 2.81. The Morgan fingerprint density at radius 1 is 1.27 bits per heavy atom. The van der Waals surface area contributed by atoms with Gasteiger partial charge in [-0.2, -0.15) is 10.1 Å². The van der Waals surface area contributed by atoms with Crippen LogP contribution in [0.2, 0.25) is 0 Å². The summed E-state index contributed by atoms with van der Waals surface area (Å²) in [5, 5.41) is 4.21. The number of amides is 1. The third-order valence-corrected chi connectivity index (χ3v) is 4.99. The zero-order valence-electron chi connectivity index (χ0n) is 13.1. The molecule has 0 saturated heterocycles. The first-order chi connectivity index (χ1) is 10.5. The lowest BCUT2D eigenvalue weighted by Gasteiger charge is -2.01. The lowest BCUT2D eigenvalue weighted by atomic mass is 10.1. The first-order valence-electron chi connectivity index (χ1n) is 7.19. The average Bonchev–Trinajstić information content (AvgIpc) is 3.09. The number of rotatable bonds is 2. The molecule has 0 spiro atoms. The lowest BCUT2D eigenvalue weighted by molar-refractivity contribution is 0.0992. The van der Waals surface area contributed by atoms with Gasteiger partial charge in [0.05, 0.1) is 10.2 Å². The van der Waals surface area contributed by atoms with Gasteiger partial charge in [0.15, 0.2) is 10.5 Å². The number of carbonyl (C=O) groups is 1. The quantitative estimate of drug-likeness (QED) is 0.730. The topological polar surface area (TPSA) is 52.2 Å². The molecule has 6 heteroatoms. The average molecular weight is 314 g/mol. The van der Waals surface area contributed by atoms with Crippen LogP contribution in [0.3, 0.4) is 0 Å². The number of nitrogens with zero attached hydrogens (tertiary/aromatic N) is 4. The van der Waals surface area contributed by atoms with Crippen molar-refractivity contribution in [2.24, 2.45) is 12.0 Å². The molecule has 5 nitrogen and oxygen atoms in total. The van der Waals surface area contributed by atoms with Crippen LogP contribution in [0.25, 0.3) is 10.2 Å². The van der Waals surface area contributed by atoms with Crippen molar-refractivity contribution in [3.05, 3.63) is 46.0 Å². The largest absolute Gasteiger partial charge is 0.319 e. The molecule has 3 aromatic rings. The molecule has 0 unspecified atom stereocenters. The fourth-order valence-corrected chi connectivity index (χ4v) is 3.63. The van der Waals surface area contributed by atoms with Gasteiger partial charge in [0.25, 0.3) is 5.91 Å². The normalized spacial score (nSPS) is 12.3. The van der Waals surface area contributed by atoms with Crippen LogP contribution in [0.5, 0.6) is 0 Å². The van der Waals surface area contributed by atoms with Crippen LogP contribution in [-0.2, 0) is 13.6 Å². The third-order valence-electron chi connectivity index (χ3n) is 3.73. The van der Waals surface area contributed by atoms with Crippen LogP contribution in [0.1, 0.15) is 28.5 Å². The Kier molecular flexibility index (Phi) is 3.70. The number of hydrogen-bond acceptors (Lipinski definition) is 3. The molecule has 0 bridgehead atoms. The van der Waals surface area contributed by atoms with Gasteiger partial charge in [-0.05, 0) is 38.0 Å². The van der Waals surface area contributed by atoms with Crippen molar-refractivity contribution in [1.82, 2.24) is 14.3 Å². The lowest BCUT2D eigenvalue weighted by Crippen LogP contribution is -2.14. The number of carbonyl (C=O) groups excluding carboxylic acids is 1. The minimum Gasteiger partial charge on any atom is -0.319 e. The van der Waals surface area contributed by atoms with Gasteiger partial charge in [0.2, 0.25) is 0 Å². The molecule has 0 aliphatic carbocycles. The summed E-state index contributed by atoms with van der Waals surface area (Å²) in [6.45, 7) is 6.87. The number of benzene rings is 1. The smallest absolute Gasteiger partial charge is 0.300 e. The van der Waals surface area contributed by atoms with Crippen molar-refractivity contribution in [3.8, 4) is 0 Å². The van der Waals surface area contributed by atoms with Gasteiger partial charge in [-0.3, -0.25) is 9.48 Å². The highest BCUT2D eigenvalue weighted by molar-refractivity contribution is 7.16. The van der Waals surface area contributed by atoms with Gasteiger partial charge >= 0.3 is 0 Å². The van der Waals surface area contributed by atoms with E-state index in [2.05, 4.69) is 36.1 Å². The Morgan fingerprint density at radius 3 is 2.64 bits per heavy atom. The first kappa shape index (κ1) is 14.7. The molecule has 22 heavy (non-hydrogen) atoms. The van der Waals surface area contributed by atoms with Gasteiger partial charge < -0.3 is 4.57 Å². The summed E-state index contributed by atoms with van der Waals surface area (Å²) in [6, 6.07) is 5.90. The van der Waals surface area contributed by atoms with Gasteiger partial charge in [-0.15, -0.1) is 0 Å². The van der Waals surface area contributed by atoms with Crippen molar-refractivity contribution < 1.29 is 4.79 Å². The summed E-state index contributed by atoms with van der Waals surface area (Å²) in [5.41, 5.74) is 3.90. The fourth-order valence-electron chi connectivity index (χ4n) is 2.47. The fraction of sp³-hybridized carbons (Fsp3) is 0.312. The van der Waals surface area contributed by atoms with Crippen LogP contribution in [0.15, 0.2) is 29.4 Å². The van der Waals surface area contributed by atoms with Crippen molar-refractivity contribution >= 4 is 27.5 Å². The van der Waals surface area contributed by atoms with Gasteiger partial charge in [0, 0.05) is 19.8 Å². The zero-order chi connectivity index (χ0) is 15.9. The van der Waals surface area contributed by atoms with Gasteiger partial charge in [0.1, 0.15) is 0 Å². The van der Waals surface area contributed by atoms with Crippen molar-refractivity contribution in [3.63, 3.8) is 0 Å². The van der Waals surface area contributed by atoms with E-state index in [1.54, 1.807) is 28.3 Å². The zero-order valence-corrected chi connectivity index (χ0v) is 13.9. The number of aryl methyl sites for hydroxylation is 4. The van der Waals surface area contributed by atoms with Crippen molar-refractivity contribution in [1.29, 1.82) is 0 Å². The van der Waals surface area contributed by atoms with Gasteiger partial charge in [-0.1, -0.05) is 23.5 Å². The Balaban J connectivity index is 2.13. The SMILES string of the molecule is CCn1ccc(C(=O)N=c2sc3c(C)ccc(C)c3n2C)n1. The van der Waals surface area contributed by atoms with E-state index in [0.29, 0.717) is 10.5 Å². The highest BCUT2D eigenvalue weighted by Crippen LogP contribution is 2.24. The van der Waals surface area contributed by atoms with E-state index in [4.69, 9.17) is 0 Å². The summed E-state index contributed by atoms with van der Waals surface area (Å²) >= 11 is 1.54. The van der Waals surface area contributed by atoms with Crippen LogP contribution in [-0.4, -0.2) is 20.3 Å². The monoisotopic (exact) mass is 314 g/mol. The summed E-state index contributed by atoms with van der Waals surface area (Å²) in [4.78, 5) is 17.3. The number of aromatic nitrogens is 3. The van der Waals surface area contributed by atoms with E-state index in [1.807, 2.05) is 18.5 Å². The Morgan fingerprint density at radius 2 is 2.00 bits per heavy atom. The second kappa shape index (κ2) is 5.53. The maximum absolute atomic E-state index is 12.3. The predicted molar refractivity (Wildman–Crippen MR) is 88.1 cm³/mol. The van der Waals surface area contributed by atoms with Crippen molar-refractivity contribution in [2.45, 2.75) is 27.3 Å². The molecule has 0 N–H and O–H groups in total. The second-order valence-electron chi connectivity index (χ2n) is 5.29. The third kappa shape index (κ3) is 2.39. The summed E-state index contributed by atoms with van der Waals surface area (Å²) < 4.78 is 4.88. The highest BCUT2D eigenvalue weighted by Gasteiger charge is 2.11. The summed E-state index contributed by atoms with van der Waals surface area (Å²) in [5.74, 6) is -0.301. The van der Waals surface area contributed by atoms with Crippen LogP contribution >= 0.6 is 11.3 Å². The molecular weight excluding hydrogens is 296 g/mol. The van der Waals surface area contributed by atoms with Crippen LogP contribution in [0.4, 0.5) is 0 Å². The molecule has 0 saturated carbocycles. The molecule has 114 valence electrons. The molecule has 1 amide bonds. The van der Waals surface area contributed by atoms with E-state index in [-0.39, 0.29) is 5.91 Å². The minimum atomic E-state index is -0.301. The summed E-state index contributed by atoms with van der Waals surface area (Å²) in [7, 11) is 1.95. The molecule has 3 rings (SSSR count). The molecule has 0 radical (unpaired) electrons. The standard InChI is InChI=1S/C16H18N4OS/c1-5-20-9-8-12(18-20)15(21)17-16-19(4)13-10(2)6-7-11(3)14(13)22-16/h6-9H,5H2,1-4H3. The molecule has 2 heterocycles. The maximum Gasteiger partial charge on any atom is 0.300 e. The number of thiazole rings is 1. The molecule has 0 fully saturated rings. The Hall–Kier alpha value is -2.21. The highest BCUT2D eigenvalue weighted by atomic mass is 32.1. The van der Waals surface area contributed by atoms with Crippen molar-refractivity contribution in [2.75, 3.05) is 0 Å². The minimum absolute atomic E-state index is 0.301. The molecule has 0 aliphatic heterocycles. The van der Waals surface area contributed by atoms with E-state index in [9.17, 15) is 4.79 Å². The Bertz CT molecular complexity index is 929. The second-order valence-corrected chi connectivity index (χ2v) is 6.27. The van der Waals surface area contributed by atoms with Crippen LogP contribution < -0.4 is 4.80 Å². The first-order valence-corrected chi connectivity index (χ1v) is 8.01. The molecule has 0 atom stereocenters. The molecule has 0 aliphatic rings. The molecular formula is C16H18N4OS. The van der Waals surface area contributed by atoms with E-state index >= 15 is 0 Å². The van der Waals surface area contributed by atoms with E-state index in [1.165, 1.54) is 15.8 Å². The Labute approximate surface area is 132 Å². The number of hydrogen-bond donors (Lipinski definition) is 0.